The van der Waals surface area contributed by atoms with E-state index in [4.69, 9.17) is 23.4 Å². The third kappa shape index (κ3) is 3.47. The lowest BCUT2D eigenvalue weighted by Crippen LogP contribution is -2.67. The molecular formula is C33H31F3O8. The summed E-state index contributed by atoms with van der Waals surface area (Å²) in [6.45, 7) is 7.28. The second kappa shape index (κ2) is 9.32. The van der Waals surface area contributed by atoms with Gasteiger partial charge in [0, 0.05) is 40.9 Å². The SMILES string of the molecule is COC(=O)C[C@H]1[C@]2(C)C3=C(C)[C@H](c4ccoc4)C[C@@H]3O[C@@H]2C2OC(=O)[C@]3(C)C(Oc4cc(F)c(F)c(F)c4)=CC(=O)[C@@]1(C)C23. The summed E-state index contributed by atoms with van der Waals surface area (Å²) in [5.41, 5.74) is -0.848. The second-order valence-corrected chi connectivity index (χ2v) is 13.1. The molecule has 1 aromatic heterocycles. The molecule has 232 valence electrons. The van der Waals surface area contributed by atoms with Gasteiger partial charge in [0.1, 0.15) is 29.1 Å². The molecule has 11 heteroatoms. The zero-order chi connectivity index (χ0) is 31.5. The maximum Gasteiger partial charge on any atom is 0.320 e. The normalized spacial score (nSPS) is 38.6. The van der Waals surface area contributed by atoms with Crippen LogP contribution in [-0.2, 0) is 28.6 Å². The standard InChI is InChI=1S/C33H31F3O8/c1-14-17(15-6-7-41-13-15)10-20-25(14)32(3)21(11-24(38)40-5)31(2)22(37)12-23(42-16-8-18(34)26(36)19(35)9-16)33(4)28(31)27(29(32)43-20)44-30(33)39/h6-9,12-13,17,20-21,27-29H,10-11H2,1-5H3/t17-,20+,21-,27?,28?,29-,31+,32-,33-/m1/s1. The molecule has 9 atom stereocenters. The van der Waals surface area contributed by atoms with Gasteiger partial charge in [-0.3, -0.25) is 14.4 Å². The summed E-state index contributed by atoms with van der Waals surface area (Å²) in [6.07, 6.45) is 2.94. The van der Waals surface area contributed by atoms with E-state index in [0.717, 1.165) is 22.8 Å². The van der Waals surface area contributed by atoms with Crippen molar-refractivity contribution in [3.8, 4) is 5.75 Å². The van der Waals surface area contributed by atoms with Gasteiger partial charge in [0.15, 0.2) is 23.2 Å². The average Bonchev–Trinajstić information content (AvgIpc) is 3.73. The predicted octanol–water partition coefficient (Wildman–Crippen LogP) is 5.57. The van der Waals surface area contributed by atoms with Crippen LogP contribution >= 0.6 is 0 Å². The Morgan fingerprint density at radius 3 is 2.43 bits per heavy atom. The molecule has 0 bridgehead atoms. The first kappa shape index (κ1) is 28.9. The maximum atomic E-state index is 14.4. The number of hydrogen-bond acceptors (Lipinski definition) is 8. The molecule has 1 aromatic carbocycles. The summed E-state index contributed by atoms with van der Waals surface area (Å²) < 4.78 is 70.9. The monoisotopic (exact) mass is 612 g/mol. The Balaban J connectivity index is 1.40. The van der Waals surface area contributed by atoms with Gasteiger partial charge in [0.05, 0.1) is 32.2 Å². The Morgan fingerprint density at radius 2 is 1.80 bits per heavy atom. The van der Waals surface area contributed by atoms with Crippen molar-refractivity contribution >= 4 is 17.7 Å². The number of carbonyl (C=O) groups excluding carboxylic acids is 3. The van der Waals surface area contributed by atoms with Crippen molar-refractivity contribution in [1.29, 1.82) is 0 Å². The Bertz CT molecular complexity index is 1660. The van der Waals surface area contributed by atoms with Gasteiger partial charge >= 0.3 is 11.9 Å². The molecule has 2 unspecified atom stereocenters. The Kier molecular flexibility index (Phi) is 6.12. The van der Waals surface area contributed by atoms with Crippen LogP contribution in [0.3, 0.4) is 0 Å². The fourth-order valence-corrected chi connectivity index (χ4v) is 9.30. The van der Waals surface area contributed by atoms with Gasteiger partial charge < -0.3 is 23.4 Å². The number of allylic oxidation sites excluding steroid dienone is 2. The van der Waals surface area contributed by atoms with Crippen LogP contribution in [0.15, 0.2) is 58.1 Å². The molecule has 0 spiro atoms. The molecule has 7 rings (SSSR count). The van der Waals surface area contributed by atoms with Gasteiger partial charge in [-0.25, -0.2) is 13.2 Å². The third-order valence-corrected chi connectivity index (χ3v) is 11.2. The van der Waals surface area contributed by atoms with Crippen molar-refractivity contribution in [3.63, 3.8) is 0 Å². The predicted molar refractivity (Wildman–Crippen MR) is 145 cm³/mol. The van der Waals surface area contributed by atoms with Crippen molar-refractivity contribution in [2.45, 2.75) is 64.8 Å². The average molecular weight is 613 g/mol. The van der Waals surface area contributed by atoms with Crippen molar-refractivity contribution in [3.05, 3.63) is 76.7 Å². The van der Waals surface area contributed by atoms with Crippen LogP contribution < -0.4 is 4.74 Å². The Morgan fingerprint density at radius 1 is 1.09 bits per heavy atom. The molecular weight excluding hydrogens is 581 g/mol. The maximum absolute atomic E-state index is 14.4. The molecule has 2 saturated heterocycles. The van der Waals surface area contributed by atoms with Gasteiger partial charge in [0.2, 0.25) is 0 Å². The first-order valence-electron chi connectivity index (χ1n) is 14.5. The van der Waals surface area contributed by atoms with Crippen LogP contribution in [0, 0.1) is 45.5 Å². The number of rotatable bonds is 5. The number of benzene rings is 1. The minimum atomic E-state index is -1.68. The minimum absolute atomic E-state index is 0.00526. The van der Waals surface area contributed by atoms with E-state index in [1.54, 1.807) is 26.4 Å². The van der Waals surface area contributed by atoms with Crippen LogP contribution in [0.2, 0.25) is 0 Å². The lowest BCUT2D eigenvalue weighted by atomic mass is 9.41. The molecule has 2 aromatic rings. The van der Waals surface area contributed by atoms with Crippen LogP contribution in [0.4, 0.5) is 13.2 Å². The molecule has 0 amide bonds. The quantitative estimate of drug-likeness (QED) is 0.246. The number of fused-ring (bicyclic) bond motifs is 4. The first-order valence-corrected chi connectivity index (χ1v) is 14.5. The molecule has 8 nitrogen and oxygen atoms in total. The molecule has 3 heterocycles. The van der Waals surface area contributed by atoms with Crippen molar-refractivity contribution in [1.82, 2.24) is 0 Å². The minimum Gasteiger partial charge on any atom is -0.472 e. The van der Waals surface area contributed by atoms with Crippen LogP contribution in [0.1, 0.15) is 52.0 Å². The van der Waals surface area contributed by atoms with E-state index >= 15 is 0 Å². The van der Waals surface area contributed by atoms with E-state index in [1.807, 2.05) is 19.9 Å². The fourth-order valence-electron chi connectivity index (χ4n) is 9.30. The summed E-state index contributed by atoms with van der Waals surface area (Å²) in [7, 11) is 1.28. The smallest absolute Gasteiger partial charge is 0.320 e. The second-order valence-electron chi connectivity index (χ2n) is 13.1. The van der Waals surface area contributed by atoms with Crippen LogP contribution in [0.25, 0.3) is 0 Å². The van der Waals surface area contributed by atoms with E-state index in [-0.39, 0.29) is 24.2 Å². The molecule has 5 aliphatic rings. The fraction of sp³-hybridized carbons (Fsp3) is 0.485. The summed E-state index contributed by atoms with van der Waals surface area (Å²) in [5.74, 6) is -8.48. The highest BCUT2D eigenvalue weighted by Gasteiger charge is 2.79. The highest BCUT2D eigenvalue weighted by Crippen LogP contribution is 2.73. The molecule has 1 saturated carbocycles. The van der Waals surface area contributed by atoms with Crippen molar-refractivity contribution < 1.29 is 50.9 Å². The number of halogens is 3. The number of hydrogen-bond donors (Lipinski definition) is 0. The first-order chi connectivity index (χ1) is 20.8. The number of methoxy groups -OCH3 is 1. The lowest BCUT2D eigenvalue weighted by Gasteiger charge is -2.59. The van der Waals surface area contributed by atoms with Gasteiger partial charge in [-0.05, 0) is 43.4 Å². The number of ether oxygens (including phenoxy) is 4. The number of carbonyl (C=O) groups is 3. The van der Waals surface area contributed by atoms with Gasteiger partial charge in [0.25, 0.3) is 0 Å². The lowest BCUT2D eigenvalue weighted by molar-refractivity contribution is -0.191. The highest BCUT2D eigenvalue weighted by molar-refractivity contribution is 6.01. The number of ketones is 1. The topological polar surface area (TPSA) is 101 Å². The van der Waals surface area contributed by atoms with E-state index in [1.165, 1.54) is 7.11 Å². The molecule has 3 aliphatic carbocycles. The Hall–Kier alpha value is -3.86. The summed E-state index contributed by atoms with van der Waals surface area (Å²) in [6, 6.07) is 3.19. The van der Waals surface area contributed by atoms with E-state index in [2.05, 4.69) is 0 Å². The largest absolute Gasteiger partial charge is 0.472 e. The number of esters is 2. The van der Waals surface area contributed by atoms with E-state index in [0.29, 0.717) is 18.6 Å². The van der Waals surface area contributed by atoms with Gasteiger partial charge in [-0.2, -0.15) is 0 Å². The van der Waals surface area contributed by atoms with Crippen molar-refractivity contribution in [2.24, 2.45) is 28.1 Å². The molecule has 2 aliphatic heterocycles. The van der Waals surface area contributed by atoms with Crippen LogP contribution in [-0.4, -0.2) is 43.1 Å². The van der Waals surface area contributed by atoms with Gasteiger partial charge in [-0.1, -0.05) is 19.4 Å². The van der Waals surface area contributed by atoms with E-state index < -0.39 is 81.2 Å². The van der Waals surface area contributed by atoms with Crippen LogP contribution in [0.5, 0.6) is 5.75 Å². The summed E-state index contributed by atoms with van der Waals surface area (Å²) in [4.78, 5) is 41.3. The summed E-state index contributed by atoms with van der Waals surface area (Å²) >= 11 is 0. The van der Waals surface area contributed by atoms with Gasteiger partial charge in [-0.15, -0.1) is 0 Å². The van der Waals surface area contributed by atoms with E-state index in [9.17, 15) is 27.6 Å². The molecule has 0 radical (unpaired) electrons. The molecule has 3 fully saturated rings. The third-order valence-electron chi connectivity index (χ3n) is 11.2. The molecule has 44 heavy (non-hydrogen) atoms. The zero-order valence-corrected chi connectivity index (χ0v) is 24.7. The number of furan rings is 1. The van der Waals surface area contributed by atoms with Crippen molar-refractivity contribution in [2.75, 3.05) is 7.11 Å². The summed E-state index contributed by atoms with van der Waals surface area (Å²) in [5, 5.41) is 0. The Labute approximate surface area is 251 Å². The zero-order valence-electron chi connectivity index (χ0n) is 24.7. The molecule has 0 N–H and O–H groups in total. The highest BCUT2D eigenvalue weighted by atomic mass is 19.2.